The van der Waals surface area contributed by atoms with E-state index in [2.05, 4.69) is 10.6 Å². The Hall–Kier alpha value is -3.41. The van der Waals surface area contributed by atoms with Gasteiger partial charge in [-0.3, -0.25) is 14.4 Å². The van der Waals surface area contributed by atoms with E-state index in [1.165, 1.54) is 6.42 Å². The van der Waals surface area contributed by atoms with Gasteiger partial charge in [-0.05, 0) is 42.2 Å². The molecule has 0 bridgehead atoms. The van der Waals surface area contributed by atoms with Crippen LogP contribution in [-0.4, -0.2) is 28.9 Å². The molecule has 162 valence electrons. The van der Waals surface area contributed by atoms with E-state index >= 15 is 0 Å². The normalized spacial score (nSPS) is 14.6. The summed E-state index contributed by atoms with van der Waals surface area (Å²) in [6.07, 6.45) is 7.13. The third-order valence-electron chi connectivity index (χ3n) is 5.34. The van der Waals surface area contributed by atoms with E-state index in [1.807, 2.05) is 48.5 Å². The molecule has 1 aliphatic rings. The highest BCUT2D eigenvalue weighted by Crippen LogP contribution is 2.22. The number of benzene rings is 2. The molecule has 0 spiro atoms. The fourth-order valence-electron chi connectivity index (χ4n) is 3.68. The highest BCUT2D eigenvalue weighted by Gasteiger charge is 2.19. The first-order valence-corrected chi connectivity index (χ1v) is 10.7. The molecule has 3 rings (SSSR count). The Bertz CT molecular complexity index is 930. The molecule has 2 aromatic carbocycles. The minimum atomic E-state index is -1.00. The molecule has 0 aromatic heterocycles. The molecular weight excluding hydrogens is 392 g/mol. The Labute approximate surface area is 182 Å². The molecule has 6 heteroatoms. The third kappa shape index (κ3) is 7.10. The van der Waals surface area contributed by atoms with Gasteiger partial charge in [0.1, 0.15) is 0 Å². The van der Waals surface area contributed by atoms with Crippen LogP contribution in [0.25, 0.3) is 11.6 Å². The van der Waals surface area contributed by atoms with E-state index in [1.54, 1.807) is 12.1 Å². The maximum absolute atomic E-state index is 13.1. The van der Waals surface area contributed by atoms with E-state index < -0.39 is 5.97 Å². The summed E-state index contributed by atoms with van der Waals surface area (Å²) in [6, 6.07) is 16.9. The van der Waals surface area contributed by atoms with Crippen LogP contribution in [0.1, 0.15) is 56.1 Å². The molecular formula is C25H28N2O4. The zero-order chi connectivity index (χ0) is 22.1. The summed E-state index contributed by atoms with van der Waals surface area (Å²) < 4.78 is 0. The molecule has 0 aliphatic heterocycles. The zero-order valence-electron chi connectivity index (χ0n) is 17.5. The zero-order valence-corrected chi connectivity index (χ0v) is 17.5. The average molecular weight is 421 g/mol. The Morgan fingerprint density at radius 3 is 2.23 bits per heavy atom. The maximum Gasteiger partial charge on any atom is 0.303 e. The van der Waals surface area contributed by atoms with Crippen molar-refractivity contribution in [2.45, 2.75) is 51.0 Å². The Morgan fingerprint density at radius 2 is 1.58 bits per heavy atom. The second-order valence-electron chi connectivity index (χ2n) is 7.80. The molecule has 0 unspecified atom stereocenters. The van der Waals surface area contributed by atoms with E-state index in [9.17, 15) is 14.4 Å². The second kappa shape index (κ2) is 11.1. The first-order chi connectivity index (χ1) is 15.0. The minimum absolute atomic E-state index is 0.0729. The SMILES string of the molecule is O=C(O)CCC(=O)Nc1ccc(/C=C(\C(=O)NC2CCCCC2)c2ccccc2)cc1. The van der Waals surface area contributed by atoms with E-state index in [0.717, 1.165) is 36.8 Å². The number of anilines is 1. The molecule has 0 heterocycles. The molecule has 1 saturated carbocycles. The fourth-order valence-corrected chi connectivity index (χ4v) is 3.68. The number of amides is 2. The third-order valence-corrected chi connectivity index (χ3v) is 5.34. The molecule has 0 atom stereocenters. The summed E-state index contributed by atoms with van der Waals surface area (Å²) in [5.74, 6) is -1.43. The molecule has 3 N–H and O–H groups in total. The van der Waals surface area contributed by atoms with Gasteiger partial charge in [-0.2, -0.15) is 0 Å². The number of nitrogens with one attached hydrogen (secondary N) is 2. The van der Waals surface area contributed by atoms with E-state index in [-0.39, 0.29) is 30.7 Å². The molecule has 31 heavy (non-hydrogen) atoms. The lowest BCUT2D eigenvalue weighted by Gasteiger charge is -2.23. The monoisotopic (exact) mass is 420 g/mol. The van der Waals surface area contributed by atoms with Crippen LogP contribution >= 0.6 is 0 Å². The van der Waals surface area contributed by atoms with Gasteiger partial charge in [0.15, 0.2) is 0 Å². The van der Waals surface area contributed by atoms with Crippen molar-refractivity contribution < 1.29 is 19.5 Å². The predicted octanol–water partition coefficient (Wildman–Crippen LogP) is 4.48. The van der Waals surface area contributed by atoms with Crippen LogP contribution in [0, 0.1) is 0 Å². The van der Waals surface area contributed by atoms with Gasteiger partial charge in [0, 0.05) is 23.7 Å². The summed E-state index contributed by atoms with van der Waals surface area (Å²) in [4.78, 5) is 35.5. The molecule has 0 radical (unpaired) electrons. The van der Waals surface area contributed by atoms with Gasteiger partial charge >= 0.3 is 5.97 Å². The standard InChI is InChI=1S/C25H28N2O4/c28-23(15-16-24(29)30)26-21-13-11-18(12-14-21)17-22(19-7-3-1-4-8-19)25(31)27-20-9-5-2-6-10-20/h1,3-4,7-8,11-14,17,20H,2,5-6,9-10,15-16H2,(H,26,28)(H,27,31)(H,29,30)/b22-17-. The van der Waals surface area contributed by atoms with Gasteiger partial charge in [0.2, 0.25) is 5.91 Å². The first-order valence-electron chi connectivity index (χ1n) is 10.7. The summed E-state index contributed by atoms with van der Waals surface area (Å²) >= 11 is 0. The quantitative estimate of drug-likeness (QED) is 0.433. The second-order valence-corrected chi connectivity index (χ2v) is 7.80. The number of carbonyl (C=O) groups excluding carboxylic acids is 2. The van der Waals surface area contributed by atoms with Crippen LogP contribution in [0.4, 0.5) is 5.69 Å². The molecule has 1 aliphatic carbocycles. The number of hydrogen-bond donors (Lipinski definition) is 3. The summed E-state index contributed by atoms with van der Waals surface area (Å²) in [5, 5.41) is 14.5. The van der Waals surface area contributed by atoms with Crippen molar-refractivity contribution in [1.29, 1.82) is 0 Å². The number of carboxylic acids is 1. The Balaban J connectivity index is 1.74. The van der Waals surface area contributed by atoms with Crippen LogP contribution in [0.2, 0.25) is 0 Å². The number of hydrogen-bond acceptors (Lipinski definition) is 3. The number of aliphatic carboxylic acids is 1. The van der Waals surface area contributed by atoms with Crippen LogP contribution in [0.5, 0.6) is 0 Å². The fraction of sp³-hybridized carbons (Fsp3) is 0.320. The van der Waals surface area contributed by atoms with Crippen molar-refractivity contribution in [1.82, 2.24) is 5.32 Å². The lowest BCUT2D eigenvalue weighted by molar-refractivity contribution is -0.138. The Morgan fingerprint density at radius 1 is 0.903 bits per heavy atom. The predicted molar refractivity (Wildman–Crippen MR) is 121 cm³/mol. The number of rotatable bonds is 8. The van der Waals surface area contributed by atoms with E-state index in [0.29, 0.717) is 11.3 Å². The van der Waals surface area contributed by atoms with Gasteiger partial charge in [-0.15, -0.1) is 0 Å². The molecule has 2 aromatic rings. The largest absolute Gasteiger partial charge is 0.481 e. The van der Waals surface area contributed by atoms with Gasteiger partial charge in [0.05, 0.1) is 6.42 Å². The minimum Gasteiger partial charge on any atom is -0.481 e. The average Bonchev–Trinajstić information content (AvgIpc) is 2.78. The molecule has 0 saturated heterocycles. The van der Waals surface area contributed by atoms with Crippen LogP contribution in [0.3, 0.4) is 0 Å². The van der Waals surface area contributed by atoms with Crippen molar-refractivity contribution >= 4 is 35.1 Å². The van der Waals surface area contributed by atoms with Crippen LogP contribution in [-0.2, 0) is 14.4 Å². The van der Waals surface area contributed by atoms with Gasteiger partial charge in [-0.25, -0.2) is 0 Å². The Kier molecular flexibility index (Phi) is 7.98. The van der Waals surface area contributed by atoms with Crippen molar-refractivity contribution in [2.24, 2.45) is 0 Å². The van der Waals surface area contributed by atoms with E-state index in [4.69, 9.17) is 5.11 Å². The van der Waals surface area contributed by atoms with Gasteiger partial charge in [-0.1, -0.05) is 61.7 Å². The molecule has 1 fully saturated rings. The molecule has 2 amide bonds. The van der Waals surface area contributed by atoms with Crippen molar-refractivity contribution in [3.8, 4) is 0 Å². The number of carbonyl (C=O) groups is 3. The molecule has 6 nitrogen and oxygen atoms in total. The van der Waals surface area contributed by atoms with Crippen LogP contribution in [0.15, 0.2) is 54.6 Å². The summed E-state index contributed by atoms with van der Waals surface area (Å²) in [6.45, 7) is 0. The number of carboxylic acid groups (broad SMARTS) is 1. The highest BCUT2D eigenvalue weighted by molar-refractivity contribution is 6.24. The topological polar surface area (TPSA) is 95.5 Å². The smallest absolute Gasteiger partial charge is 0.303 e. The van der Waals surface area contributed by atoms with Crippen LogP contribution < -0.4 is 10.6 Å². The lowest BCUT2D eigenvalue weighted by Crippen LogP contribution is -2.36. The maximum atomic E-state index is 13.1. The van der Waals surface area contributed by atoms with Gasteiger partial charge in [0.25, 0.3) is 5.91 Å². The highest BCUT2D eigenvalue weighted by atomic mass is 16.4. The summed E-state index contributed by atoms with van der Waals surface area (Å²) in [5.41, 5.74) is 2.87. The van der Waals surface area contributed by atoms with Crippen molar-refractivity contribution in [2.75, 3.05) is 5.32 Å². The van der Waals surface area contributed by atoms with Crippen molar-refractivity contribution in [3.05, 3.63) is 65.7 Å². The first kappa shape index (κ1) is 22.3. The summed E-state index contributed by atoms with van der Waals surface area (Å²) in [7, 11) is 0. The lowest BCUT2D eigenvalue weighted by atomic mass is 9.94. The van der Waals surface area contributed by atoms with Crippen molar-refractivity contribution in [3.63, 3.8) is 0 Å². The van der Waals surface area contributed by atoms with Gasteiger partial charge < -0.3 is 15.7 Å².